The van der Waals surface area contributed by atoms with Gasteiger partial charge in [0.15, 0.2) is 0 Å². The van der Waals surface area contributed by atoms with Crippen LogP contribution in [-0.2, 0) is 0 Å². The largest absolute Gasteiger partial charge is 0.382 e. The molecule has 90 valence electrons. The van der Waals surface area contributed by atoms with Gasteiger partial charge in [-0.05, 0) is 34.0 Å². The number of thiophene rings is 2. The molecular formula is C15H12OS2. The fraction of sp³-hybridized carbons (Fsp3) is 0.0667. The second-order valence-electron chi connectivity index (χ2n) is 4.02. The molecule has 1 aromatic carbocycles. The normalized spacial score (nSPS) is 12.5. The zero-order valence-electron chi connectivity index (χ0n) is 9.61. The van der Waals surface area contributed by atoms with Crippen LogP contribution < -0.4 is 0 Å². The summed E-state index contributed by atoms with van der Waals surface area (Å²) in [5.41, 5.74) is 2.37. The van der Waals surface area contributed by atoms with E-state index in [-0.39, 0.29) is 0 Å². The van der Waals surface area contributed by atoms with E-state index in [0.717, 1.165) is 9.75 Å². The monoisotopic (exact) mass is 272 g/mol. The van der Waals surface area contributed by atoms with E-state index < -0.39 is 6.10 Å². The second kappa shape index (κ2) is 5.06. The number of aliphatic hydroxyl groups is 1. The van der Waals surface area contributed by atoms with E-state index >= 15 is 0 Å². The van der Waals surface area contributed by atoms with E-state index in [2.05, 4.69) is 23.6 Å². The zero-order valence-corrected chi connectivity index (χ0v) is 11.2. The van der Waals surface area contributed by atoms with Crippen molar-refractivity contribution in [1.29, 1.82) is 0 Å². The van der Waals surface area contributed by atoms with Crippen LogP contribution in [0.5, 0.6) is 0 Å². The molecule has 0 spiro atoms. The van der Waals surface area contributed by atoms with E-state index in [1.807, 2.05) is 35.7 Å². The van der Waals surface area contributed by atoms with Gasteiger partial charge in [-0.15, -0.1) is 22.7 Å². The summed E-state index contributed by atoms with van der Waals surface area (Å²) in [5.74, 6) is 0. The average Bonchev–Trinajstić information content (AvgIpc) is 3.10. The molecule has 0 fully saturated rings. The highest BCUT2D eigenvalue weighted by atomic mass is 32.1. The van der Waals surface area contributed by atoms with Crippen LogP contribution in [0.15, 0.2) is 59.3 Å². The topological polar surface area (TPSA) is 20.2 Å². The Bertz CT molecular complexity index is 611. The van der Waals surface area contributed by atoms with Gasteiger partial charge in [0.2, 0.25) is 0 Å². The van der Waals surface area contributed by atoms with E-state index in [4.69, 9.17) is 0 Å². The van der Waals surface area contributed by atoms with Gasteiger partial charge in [-0.3, -0.25) is 0 Å². The number of hydrogen-bond acceptors (Lipinski definition) is 3. The van der Waals surface area contributed by atoms with Gasteiger partial charge in [-0.25, -0.2) is 0 Å². The number of benzene rings is 1. The van der Waals surface area contributed by atoms with E-state index in [1.54, 1.807) is 22.7 Å². The van der Waals surface area contributed by atoms with E-state index in [0.29, 0.717) is 0 Å². The molecule has 0 radical (unpaired) electrons. The van der Waals surface area contributed by atoms with Crippen LogP contribution in [0.4, 0.5) is 0 Å². The van der Waals surface area contributed by atoms with Gasteiger partial charge in [0, 0.05) is 9.75 Å². The minimum Gasteiger partial charge on any atom is -0.382 e. The Balaban J connectivity index is 1.90. The first-order chi connectivity index (χ1) is 8.84. The number of rotatable bonds is 3. The summed E-state index contributed by atoms with van der Waals surface area (Å²) >= 11 is 3.19. The summed E-state index contributed by atoms with van der Waals surface area (Å²) in [4.78, 5) is 1.99. The van der Waals surface area contributed by atoms with E-state index in [1.165, 1.54) is 11.1 Å². The van der Waals surface area contributed by atoms with Gasteiger partial charge in [-0.2, -0.15) is 0 Å². The molecule has 0 saturated carbocycles. The summed E-state index contributed by atoms with van der Waals surface area (Å²) in [5, 5.41) is 14.4. The number of aliphatic hydroxyl groups excluding tert-OH is 1. The summed E-state index contributed by atoms with van der Waals surface area (Å²) in [6.45, 7) is 0. The molecule has 0 aliphatic rings. The molecule has 0 saturated heterocycles. The third-order valence-corrected chi connectivity index (χ3v) is 4.72. The van der Waals surface area contributed by atoms with Crippen LogP contribution in [0.3, 0.4) is 0 Å². The summed E-state index contributed by atoms with van der Waals surface area (Å²) in [7, 11) is 0. The van der Waals surface area contributed by atoms with Crippen LogP contribution in [0.25, 0.3) is 11.1 Å². The van der Waals surface area contributed by atoms with Crippen molar-refractivity contribution in [3.8, 4) is 11.1 Å². The Morgan fingerprint density at radius 2 is 1.67 bits per heavy atom. The fourth-order valence-electron chi connectivity index (χ4n) is 1.87. The third-order valence-electron chi connectivity index (χ3n) is 2.81. The lowest BCUT2D eigenvalue weighted by atomic mass is 10.1. The van der Waals surface area contributed by atoms with Crippen LogP contribution in [-0.4, -0.2) is 5.11 Å². The molecular weight excluding hydrogens is 260 g/mol. The first kappa shape index (κ1) is 11.7. The Morgan fingerprint density at radius 1 is 0.833 bits per heavy atom. The highest BCUT2D eigenvalue weighted by Crippen LogP contribution is 2.33. The van der Waals surface area contributed by atoms with Gasteiger partial charge in [0.25, 0.3) is 0 Å². The standard InChI is InChI=1S/C15H12OS2/c16-15(13-7-4-8-17-13)14-9-12(10-18-14)11-5-2-1-3-6-11/h1-10,15-16H. The quantitative estimate of drug-likeness (QED) is 0.741. The second-order valence-corrected chi connectivity index (χ2v) is 5.94. The molecule has 0 bridgehead atoms. The molecule has 1 atom stereocenters. The molecule has 2 aromatic heterocycles. The predicted octanol–water partition coefficient (Wildman–Crippen LogP) is 4.56. The summed E-state index contributed by atoms with van der Waals surface area (Å²) in [6.07, 6.45) is -0.493. The molecule has 1 unspecified atom stereocenters. The minimum atomic E-state index is -0.493. The van der Waals surface area contributed by atoms with Crippen molar-refractivity contribution < 1.29 is 5.11 Å². The maximum absolute atomic E-state index is 10.3. The van der Waals surface area contributed by atoms with Crippen molar-refractivity contribution in [2.75, 3.05) is 0 Å². The van der Waals surface area contributed by atoms with Gasteiger partial charge in [-0.1, -0.05) is 36.4 Å². The lowest BCUT2D eigenvalue weighted by molar-refractivity contribution is 0.228. The van der Waals surface area contributed by atoms with Crippen molar-refractivity contribution in [2.45, 2.75) is 6.10 Å². The van der Waals surface area contributed by atoms with Crippen LogP contribution in [0.2, 0.25) is 0 Å². The smallest absolute Gasteiger partial charge is 0.122 e. The Hall–Kier alpha value is -1.42. The van der Waals surface area contributed by atoms with Crippen molar-refractivity contribution in [1.82, 2.24) is 0 Å². The SMILES string of the molecule is OC(c1cccs1)c1cc(-c2ccccc2)cs1. The minimum absolute atomic E-state index is 0.493. The molecule has 0 aliphatic carbocycles. The van der Waals surface area contributed by atoms with Crippen molar-refractivity contribution >= 4 is 22.7 Å². The van der Waals surface area contributed by atoms with Gasteiger partial charge in [0.05, 0.1) is 0 Å². The van der Waals surface area contributed by atoms with Gasteiger partial charge in [0.1, 0.15) is 6.10 Å². The maximum Gasteiger partial charge on any atom is 0.122 e. The molecule has 2 heterocycles. The van der Waals surface area contributed by atoms with Crippen LogP contribution >= 0.6 is 22.7 Å². The molecule has 1 nitrogen and oxygen atoms in total. The zero-order chi connectivity index (χ0) is 12.4. The lowest BCUT2D eigenvalue weighted by Crippen LogP contribution is -1.92. The van der Waals surface area contributed by atoms with Crippen molar-refractivity contribution in [3.05, 3.63) is 69.0 Å². The fourth-order valence-corrected chi connectivity index (χ4v) is 3.59. The highest BCUT2D eigenvalue weighted by Gasteiger charge is 2.14. The summed E-state index contributed by atoms with van der Waals surface area (Å²) in [6, 6.07) is 16.3. The van der Waals surface area contributed by atoms with Gasteiger partial charge >= 0.3 is 0 Å². The average molecular weight is 272 g/mol. The molecule has 3 heteroatoms. The molecule has 0 aliphatic heterocycles. The number of hydrogen-bond donors (Lipinski definition) is 1. The Kier molecular flexibility index (Phi) is 3.28. The van der Waals surface area contributed by atoms with E-state index in [9.17, 15) is 5.11 Å². The molecule has 18 heavy (non-hydrogen) atoms. The van der Waals surface area contributed by atoms with Gasteiger partial charge < -0.3 is 5.11 Å². The van der Waals surface area contributed by atoms with Crippen molar-refractivity contribution in [2.24, 2.45) is 0 Å². The molecule has 3 aromatic rings. The predicted molar refractivity (Wildman–Crippen MR) is 78.1 cm³/mol. The first-order valence-electron chi connectivity index (χ1n) is 5.70. The van der Waals surface area contributed by atoms with Crippen LogP contribution in [0.1, 0.15) is 15.9 Å². The Labute approximate surface area is 114 Å². The Morgan fingerprint density at radius 3 is 2.39 bits per heavy atom. The third kappa shape index (κ3) is 2.25. The molecule has 1 N–H and O–H groups in total. The van der Waals surface area contributed by atoms with Crippen molar-refractivity contribution in [3.63, 3.8) is 0 Å². The lowest BCUT2D eigenvalue weighted by Gasteiger charge is -2.04. The summed E-state index contributed by atoms with van der Waals surface area (Å²) < 4.78 is 0. The molecule has 0 amide bonds. The maximum atomic E-state index is 10.3. The first-order valence-corrected chi connectivity index (χ1v) is 7.46. The molecule has 3 rings (SSSR count). The highest BCUT2D eigenvalue weighted by molar-refractivity contribution is 7.11. The van der Waals surface area contributed by atoms with Crippen LogP contribution in [0, 0.1) is 0 Å².